The van der Waals surface area contributed by atoms with Crippen LogP contribution < -0.4 is 14.9 Å². The maximum atomic E-state index is 12.2. The quantitative estimate of drug-likeness (QED) is 0.547. The monoisotopic (exact) mass is 348 g/mol. The van der Waals surface area contributed by atoms with Gasteiger partial charge in [0.1, 0.15) is 11.5 Å². The van der Waals surface area contributed by atoms with E-state index in [2.05, 4.69) is 10.5 Å². The Balaban J connectivity index is 1.70. The van der Waals surface area contributed by atoms with Gasteiger partial charge in [-0.25, -0.2) is 5.43 Å². The molecule has 0 aliphatic rings. The van der Waals surface area contributed by atoms with Gasteiger partial charge in [-0.15, -0.1) is 0 Å². The molecule has 0 saturated heterocycles. The van der Waals surface area contributed by atoms with Crippen molar-refractivity contribution in [3.63, 3.8) is 0 Å². The number of ether oxygens (including phenoxy) is 2. The van der Waals surface area contributed by atoms with E-state index < -0.39 is 0 Å². The van der Waals surface area contributed by atoms with E-state index in [1.165, 1.54) is 0 Å². The fourth-order valence-electron chi connectivity index (χ4n) is 2.77. The van der Waals surface area contributed by atoms with Crippen molar-refractivity contribution < 1.29 is 14.3 Å². The van der Waals surface area contributed by atoms with E-state index in [0.29, 0.717) is 11.5 Å². The second-order valence-electron chi connectivity index (χ2n) is 5.72. The van der Waals surface area contributed by atoms with Crippen LogP contribution in [0.15, 0.2) is 65.8 Å². The van der Waals surface area contributed by atoms with Gasteiger partial charge >= 0.3 is 0 Å². The van der Waals surface area contributed by atoms with Gasteiger partial charge in [-0.2, -0.15) is 5.10 Å². The van der Waals surface area contributed by atoms with E-state index in [0.717, 1.165) is 21.9 Å². The summed E-state index contributed by atoms with van der Waals surface area (Å²) < 4.78 is 10.5. The van der Waals surface area contributed by atoms with Crippen LogP contribution in [-0.2, 0) is 11.2 Å². The number of rotatable bonds is 6. The number of benzene rings is 3. The number of nitrogens with zero attached hydrogens (tertiary/aromatic N) is 1. The zero-order valence-electron chi connectivity index (χ0n) is 14.7. The van der Waals surface area contributed by atoms with Crippen LogP contribution in [0.25, 0.3) is 10.8 Å². The molecule has 0 radical (unpaired) electrons. The van der Waals surface area contributed by atoms with Crippen LogP contribution in [-0.4, -0.2) is 26.3 Å². The Morgan fingerprint density at radius 2 is 1.85 bits per heavy atom. The molecule has 3 aromatic carbocycles. The molecule has 3 rings (SSSR count). The Morgan fingerprint density at radius 1 is 1.04 bits per heavy atom. The number of hydrazone groups is 1. The standard InChI is InChI=1S/C21H20N2O3/c1-25-18-10-11-20(26-2)17(12-18)14-22-23-21(24)13-16-8-5-7-15-6-3-4-9-19(15)16/h3-12,14H,13H2,1-2H3,(H,23,24). The number of amides is 1. The fraction of sp³-hybridized carbons (Fsp3) is 0.143. The highest BCUT2D eigenvalue weighted by Crippen LogP contribution is 2.22. The number of nitrogens with one attached hydrogen (secondary N) is 1. The van der Waals surface area contributed by atoms with E-state index in [4.69, 9.17) is 9.47 Å². The van der Waals surface area contributed by atoms with Gasteiger partial charge in [-0.1, -0.05) is 42.5 Å². The summed E-state index contributed by atoms with van der Waals surface area (Å²) in [5.74, 6) is 1.16. The Morgan fingerprint density at radius 3 is 2.65 bits per heavy atom. The van der Waals surface area contributed by atoms with Gasteiger partial charge in [0.2, 0.25) is 5.91 Å². The predicted molar refractivity (Wildman–Crippen MR) is 103 cm³/mol. The molecule has 1 N–H and O–H groups in total. The molecule has 0 spiro atoms. The lowest BCUT2D eigenvalue weighted by atomic mass is 10.0. The largest absolute Gasteiger partial charge is 0.497 e. The summed E-state index contributed by atoms with van der Waals surface area (Å²) in [4.78, 5) is 12.2. The first-order valence-electron chi connectivity index (χ1n) is 8.22. The van der Waals surface area contributed by atoms with Crippen LogP contribution in [0.5, 0.6) is 11.5 Å². The summed E-state index contributed by atoms with van der Waals surface area (Å²) in [6.07, 6.45) is 1.80. The molecular formula is C21H20N2O3. The van der Waals surface area contributed by atoms with Crippen molar-refractivity contribution in [1.29, 1.82) is 0 Å². The van der Waals surface area contributed by atoms with Crippen LogP contribution in [0.3, 0.4) is 0 Å². The Hall–Kier alpha value is -3.34. The minimum absolute atomic E-state index is 0.181. The third-order valence-corrected chi connectivity index (χ3v) is 4.06. The van der Waals surface area contributed by atoms with Gasteiger partial charge in [0.05, 0.1) is 26.9 Å². The minimum atomic E-state index is -0.181. The molecule has 1 amide bonds. The second-order valence-corrected chi connectivity index (χ2v) is 5.72. The molecule has 0 aliphatic heterocycles. The van der Waals surface area contributed by atoms with Crippen LogP contribution in [0.1, 0.15) is 11.1 Å². The lowest BCUT2D eigenvalue weighted by Crippen LogP contribution is -2.20. The summed E-state index contributed by atoms with van der Waals surface area (Å²) in [6, 6.07) is 19.3. The van der Waals surface area contributed by atoms with Gasteiger partial charge in [0.25, 0.3) is 0 Å². The molecule has 5 heteroatoms. The van der Waals surface area contributed by atoms with Gasteiger partial charge in [0.15, 0.2) is 0 Å². The van der Waals surface area contributed by atoms with Gasteiger partial charge in [-0.05, 0) is 34.5 Å². The summed E-state index contributed by atoms with van der Waals surface area (Å²) in [7, 11) is 3.17. The zero-order valence-corrected chi connectivity index (χ0v) is 14.7. The number of carbonyl (C=O) groups excluding carboxylic acids is 1. The molecule has 5 nitrogen and oxygen atoms in total. The molecule has 0 heterocycles. The summed E-state index contributed by atoms with van der Waals surface area (Å²) >= 11 is 0. The average Bonchev–Trinajstić information content (AvgIpc) is 2.68. The molecule has 132 valence electrons. The molecule has 0 fully saturated rings. The Bertz CT molecular complexity index is 946. The number of carbonyl (C=O) groups is 1. The highest BCUT2D eigenvalue weighted by Gasteiger charge is 2.07. The van der Waals surface area contributed by atoms with Crippen molar-refractivity contribution >= 4 is 22.9 Å². The molecule has 26 heavy (non-hydrogen) atoms. The van der Waals surface area contributed by atoms with E-state index in [1.807, 2.05) is 42.5 Å². The topological polar surface area (TPSA) is 59.9 Å². The molecule has 3 aromatic rings. The second kappa shape index (κ2) is 8.16. The third kappa shape index (κ3) is 4.00. The molecular weight excluding hydrogens is 328 g/mol. The first-order chi connectivity index (χ1) is 12.7. The highest BCUT2D eigenvalue weighted by molar-refractivity contribution is 5.91. The van der Waals surface area contributed by atoms with Crippen molar-refractivity contribution in [3.8, 4) is 11.5 Å². The molecule has 0 atom stereocenters. The summed E-state index contributed by atoms with van der Waals surface area (Å²) in [5.41, 5.74) is 4.25. The first-order valence-corrected chi connectivity index (χ1v) is 8.22. The number of hydrogen-bond acceptors (Lipinski definition) is 4. The molecule has 0 unspecified atom stereocenters. The lowest BCUT2D eigenvalue weighted by Gasteiger charge is -2.07. The molecule has 0 aromatic heterocycles. The van der Waals surface area contributed by atoms with Crippen molar-refractivity contribution in [2.45, 2.75) is 6.42 Å². The van der Waals surface area contributed by atoms with Crippen LogP contribution in [0, 0.1) is 0 Å². The van der Waals surface area contributed by atoms with Crippen LogP contribution >= 0.6 is 0 Å². The summed E-state index contributed by atoms with van der Waals surface area (Å²) in [5, 5.41) is 6.23. The lowest BCUT2D eigenvalue weighted by molar-refractivity contribution is -0.120. The van der Waals surface area contributed by atoms with Crippen LogP contribution in [0.4, 0.5) is 0 Å². The Labute approximate surface area is 152 Å². The van der Waals surface area contributed by atoms with Crippen LogP contribution in [0.2, 0.25) is 0 Å². The Kier molecular flexibility index (Phi) is 5.49. The van der Waals surface area contributed by atoms with Crippen molar-refractivity contribution in [1.82, 2.24) is 5.43 Å². The van der Waals surface area contributed by atoms with Gasteiger partial charge < -0.3 is 9.47 Å². The van der Waals surface area contributed by atoms with E-state index in [1.54, 1.807) is 38.6 Å². The van der Waals surface area contributed by atoms with Gasteiger partial charge in [0, 0.05) is 5.56 Å². The number of fused-ring (bicyclic) bond motifs is 1. The van der Waals surface area contributed by atoms with E-state index in [-0.39, 0.29) is 12.3 Å². The smallest absolute Gasteiger partial charge is 0.244 e. The predicted octanol–water partition coefficient (Wildman–Crippen LogP) is 3.55. The SMILES string of the molecule is COc1ccc(OC)c(C=NNC(=O)Cc2cccc3ccccc23)c1. The highest BCUT2D eigenvalue weighted by atomic mass is 16.5. The normalized spacial score (nSPS) is 10.8. The van der Waals surface area contributed by atoms with E-state index >= 15 is 0 Å². The van der Waals surface area contributed by atoms with Crippen molar-refractivity contribution in [2.75, 3.05) is 14.2 Å². The fourth-order valence-corrected chi connectivity index (χ4v) is 2.77. The van der Waals surface area contributed by atoms with Crippen molar-refractivity contribution in [2.24, 2.45) is 5.10 Å². The maximum absolute atomic E-state index is 12.2. The minimum Gasteiger partial charge on any atom is -0.497 e. The third-order valence-electron chi connectivity index (χ3n) is 4.06. The van der Waals surface area contributed by atoms with E-state index in [9.17, 15) is 4.79 Å². The molecule has 0 saturated carbocycles. The van der Waals surface area contributed by atoms with Crippen molar-refractivity contribution in [3.05, 3.63) is 71.8 Å². The number of hydrogen-bond donors (Lipinski definition) is 1. The van der Waals surface area contributed by atoms with Gasteiger partial charge in [-0.3, -0.25) is 4.79 Å². The zero-order chi connectivity index (χ0) is 18.4. The summed E-state index contributed by atoms with van der Waals surface area (Å²) in [6.45, 7) is 0. The molecule has 0 bridgehead atoms. The first kappa shape index (κ1) is 17.5. The average molecular weight is 348 g/mol. The maximum Gasteiger partial charge on any atom is 0.244 e. The molecule has 0 aliphatic carbocycles. The number of methoxy groups -OCH3 is 2.